The highest BCUT2D eigenvalue weighted by Crippen LogP contribution is 2.39. The molecule has 5 heteroatoms. The molecule has 0 aromatic heterocycles. The minimum atomic E-state index is -3.24. The summed E-state index contributed by atoms with van der Waals surface area (Å²) in [5.74, 6) is -2.38. The Labute approximate surface area is 134 Å². The molecule has 0 N–H and O–H groups in total. The maximum absolute atomic E-state index is 13.8. The van der Waals surface area contributed by atoms with Crippen LogP contribution in [0.3, 0.4) is 0 Å². The van der Waals surface area contributed by atoms with Crippen LogP contribution in [0.2, 0.25) is 0 Å². The molecule has 0 radical (unpaired) electrons. The fourth-order valence-electron chi connectivity index (χ4n) is 3.30. The van der Waals surface area contributed by atoms with Gasteiger partial charge in [0.05, 0.1) is 0 Å². The van der Waals surface area contributed by atoms with E-state index in [-0.39, 0.29) is 5.92 Å². The summed E-state index contributed by atoms with van der Waals surface area (Å²) in [6, 6.07) is 2.26. The Morgan fingerprint density at radius 3 is 2.26 bits per heavy atom. The van der Waals surface area contributed by atoms with E-state index in [4.69, 9.17) is 0 Å². The second-order valence-corrected chi connectivity index (χ2v) is 6.06. The van der Waals surface area contributed by atoms with Gasteiger partial charge in [-0.3, -0.25) is 0 Å². The first-order chi connectivity index (χ1) is 11.0. The molecule has 128 valence electrons. The molecule has 0 saturated heterocycles. The van der Waals surface area contributed by atoms with Crippen LogP contribution in [0.5, 0.6) is 5.75 Å². The van der Waals surface area contributed by atoms with Crippen molar-refractivity contribution < 1.29 is 22.3 Å². The SMILES string of the molecule is CC=CCCC1CCC(c2cc(F)c(OC(F)F)c(F)c2)CC1. The first kappa shape index (κ1) is 17.8. The summed E-state index contributed by atoms with van der Waals surface area (Å²) in [5, 5.41) is 0. The molecular weight excluding hydrogens is 308 g/mol. The number of hydrogen-bond acceptors (Lipinski definition) is 1. The smallest absolute Gasteiger partial charge is 0.387 e. The lowest BCUT2D eigenvalue weighted by Gasteiger charge is -2.28. The van der Waals surface area contributed by atoms with Gasteiger partial charge >= 0.3 is 6.61 Å². The third-order valence-corrected chi connectivity index (χ3v) is 4.52. The van der Waals surface area contributed by atoms with Gasteiger partial charge in [0.15, 0.2) is 17.4 Å². The summed E-state index contributed by atoms with van der Waals surface area (Å²) in [7, 11) is 0. The number of rotatable bonds is 6. The van der Waals surface area contributed by atoms with Gasteiger partial charge in [0.25, 0.3) is 0 Å². The Balaban J connectivity index is 1.98. The molecular formula is C18H22F4O. The van der Waals surface area contributed by atoms with E-state index >= 15 is 0 Å². The van der Waals surface area contributed by atoms with E-state index in [1.54, 1.807) is 0 Å². The maximum Gasteiger partial charge on any atom is 0.387 e. The number of halogens is 4. The van der Waals surface area contributed by atoms with Gasteiger partial charge < -0.3 is 4.74 Å². The highest BCUT2D eigenvalue weighted by molar-refractivity contribution is 5.33. The van der Waals surface area contributed by atoms with E-state index in [1.165, 1.54) is 0 Å². The molecule has 1 aromatic rings. The standard InChI is InChI=1S/C18H22F4O/c1-2-3-4-5-12-6-8-13(9-7-12)14-10-15(19)17(16(20)11-14)23-18(21)22/h2-3,10-13,18H,4-9H2,1H3. The average Bonchev–Trinajstić information content (AvgIpc) is 2.51. The third kappa shape index (κ3) is 4.98. The molecule has 1 aliphatic carbocycles. The third-order valence-electron chi connectivity index (χ3n) is 4.52. The zero-order chi connectivity index (χ0) is 16.8. The van der Waals surface area contributed by atoms with Crippen molar-refractivity contribution in [3.8, 4) is 5.75 Å². The lowest BCUT2D eigenvalue weighted by atomic mass is 9.77. The van der Waals surface area contributed by atoms with Crippen LogP contribution in [0.15, 0.2) is 24.3 Å². The quantitative estimate of drug-likeness (QED) is 0.446. The van der Waals surface area contributed by atoms with E-state index in [0.717, 1.165) is 50.7 Å². The maximum atomic E-state index is 13.8. The molecule has 23 heavy (non-hydrogen) atoms. The van der Waals surface area contributed by atoms with Gasteiger partial charge in [0.2, 0.25) is 0 Å². The molecule has 0 unspecified atom stereocenters. The van der Waals surface area contributed by atoms with E-state index in [9.17, 15) is 17.6 Å². The van der Waals surface area contributed by atoms with Gasteiger partial charge in [-0.2, -0.15) is 8.78 Å². The number of hydrogen-bond donors (Lipinski definition) is 0. The number of alkyl halides is 2. The van der Waals surface area contributed by atoms with Gasteiger partial charge in [0.1, 0.15) is 0 Å². The van der Waals surface area contributed by atoms with Crippen molar-refractivity contribution in [1.82, 2.24) is 0 Å². The first-order valence-corrected chi connectivity index (χ1v) is 8.06. The normalized spacial score (nSPS) is 22.0. The number of ether oxygens (including phenoxy) is 1. The highest BCUT2D eigenvalue weighted by Gasteiger charge is 2.25. The van der Waals surface area contributed by atoms with Crippen molar-refractivity contribution >= 4 is 0 Å². The van der Waals surface area contributed by atoms with Gasteiger partial charge in [0, 0.05) is 0 Å². The van der Waals surface area contributed by atoms with Crippen molar-refractivity contribution in [2.75, 3.05) is 0 Å². The molecule has 0 heterocycles. The van der Waals surface area contributed by atoms with E-state index in [1.807, 2.05) is 13.0 Å². The van der Waals surface area contributed by atoms with Gasteiger partial charge in [-0.25, -0.2) is 8.78 Å². The summed E-state index contributed by atoms with van der Waals surface area (Å²) < 4.78 is 55.8. The molecule has 0 aliphatic heterocycles. The molecule has 1 fully saturated rings. The Bertz CT molecular complexity index is 511. The zero-order valence-electron chi connectivity index (χ0n) is 13.2. The molecule has 2 rings (SSSR count). The molecule has 0 spiro atoms. The van der Waals surface area contributed by atoms with Crippen molar-refractivity contribution in [2.45, 2.75) is 58.0 Å². The predicted octanol–water partition coefficient (Wildman–Crippen LogP) is 6.20. The summed E-state index contributed by atoms with van der Waals surface area (Å²) in [5.41, 5.74) is 0.536. The minimum absolute atomic E-state index is 0.0811. The van der Waals surface area contributed by atoms with E-state index < -0.39 is 24.0 Å². The summed E-state index contributed by atoms with van der Waals surface area (Å²) in [6.07, 6.45) is 10.2. The molecule has 1 aromatic carbocycles. The van der Waals surface area contributed by atoms with Crippen molar-refractivity contribution in [3.63, 3.8) is 0 Å². The fourth-order valence-corrected chi connectivity index (χ4v) is 3.30. The predicted molar refractivity (Wildman–Crippen MR) is 81.7 cm³/mol. The number of benzene rings is 1. The minimum Gasteiger partial charge on any atom is -0.429 e. The molecule has 1 aliphatic rings. The lowest BCUT2D eigenvalue weighted by Crippen LogP contribution is -2.14. The van der Waals surface area contributed by atoms with Gasteiger partial charge in [-0.15, -0.1) is 0 Å². The monoisotopic (exact) mass is 330 g/mol. The number of allylic oxidation sites excluding steroid dienone is 2. The van der Waals surface area contributed by atoms with Crippen molar-refractivity contribution in [3.05, 3.63) is 41.5 Å². The summed E-state index contributed by atoms with van der Waals surface area (Å²) in [6.45, 7) is -1.24. The Kier molecular flexibility index (Phi) is 6.48. The van der Waals surface area contributed by atoms with Crippen LogP contribution in [-0.2, 0) is 0 Å². The van der Waals surface area contributed by atoms with Crippen molar-refractivity contribution in [2.24, 2.45) is 5.92 Å². The second-order valence-electron chi connectivity index (χ2n) is 6.06. The second kappa shape index (κ2) is 8.37. The molecule has 0 bridgehead atoms. The van der Waals surface area contributed by atoms with Crippen LogP contribution < -0.4 is 4.74 Å². The average molecular weight is 330 g/mol. The summed E-state index contributed by atoms with van der Waals surface area (Å²) >= 11 is 0. The zero-order valence-corrected chi connectivity index (χ0v) is 13.2. The molecule has 1 saturated carbocycles. The Hall–Kier alpha value is -1.52. The summed E-state index contributed by atoms with van der Waals surface area (Å²) in [4.78, 5) is 0. The van der Waals surface area contributed by atoms with Gasteiger partial charge in [-0.05, 0) is 75.0 Å². The fraction of sp³-hybridized carbons (Fsp3) is 0.556. The van der Waals surface area contributed by atoms with Crippen molar-refractivity contribution in [1.29, 1.82) is 0 Å². The van der Waals surface area contributed by atoms with Crippen LogP contribution in [0, 0.1) is 17.6 Å². The lowest BCUT2D eigenvalue weighted by molar-refractivity contribution is -0.0546. The van der Waals surface area contributed by atoms with E-state index in [2.05, 4.69) is 10.8 Å². The Morgan fingerprint density at radius 1 is 1.13 bits per heavy atom. The highest BCUT2D eigenvalue weighted by atomic mass is 19.3. The van der Waals surface area contributed by atoms with Crippen LogP contribution in [0.1, 0.15) is 56.9 Å². The molecule has 0 amide bonds. The Morgan fingerprint density at radius 2 is 1.74 bits per heavy atom. The largest absolute Gasteiger partial charge is 0.429 e. The van der Waals surface area contributed by atoms with Crippen LogP contribution >= 0.6 is 0 Å². The topological polar surface area (TPSA) is 9.23 Å². The van der Waals surface area contributed by atoms with Crippen LogP contribution in [0.4, 0.5) is 17.6 Å². The first-order valence-electron chi connectivity index (χ1n) is 8.06. The molecule has 0 atom stereocenters. The van der Waals surface area contributed by atoms with E-state index in [0.29, 0.717) is 11.5 Å². The molecule has 1 nitrogen and oxygen atoms in total. The van der Waals surface area contributed by atoms with Crippen LogP contribution in [0.25, 0.3) is 0 Å². The van der Waals surface area contributed by atoms with Crippen LogP contribution in [-0.4, -0.2) is 6.61 Å². The van der Waals surface area contributed by atoms with Gasteiger partial charge in [-0.1, -0.05) is 12.2 Å².